The molecule has 1 aliphatic heterocycles. The van der Waals surface area contributed by atoms with Gasteiger partial charge in [-0.25, -0.2) is 0 Å². The zero-order valence-corrected chi connectivity index (χ0v) is 22.0. The molecule has 0 radical (unpaired) electrons. The van der Waals surface area contributed by atoms with Crippen molar-refractivity contribution in [3.8, 4) is 0 Å². The molecule has 1 amide bonds. The van der Waals surface area contributed by atoms with E-state index in [2.05, 4.69) is 63.3 Å². The number of benzene rings is 3. The molecule has 0 spiro atoms. The molecule has 0 bridgehead atoms. The number of anilines is 1. The number of para-hydroxylation sites is 1. The molecule has 4 aromatic rings. The zero-order valence-electron chi connectivity index (χ0n) is 20.4. The molecule has 2 heterocycles. The van der Waals surface area contributed by atoms with Crippen LogP contribution in [0.25, 0.3) is 10.9 Å². The van der Waals surface area contributed by atoms with Crippen LogP contribution in [0.15, 0.2) is 94.9 Å². The largest absolute Gasteiger partial charge is 0.337 e. The van der Waals surface area contributed by atoms with Gasteiger partial charge in [0.15, 0.2) is 0 Å². The molecule has 5 nitrogen and oxygen atoms in total. The molecule has 7 heteroatoms. The monoisotopic (exact) mass is 514 g/mol. The van der Waals surface area contributed by atoms with Crippen molar-refractivity contribution in [1.82, 2.24) is 14.8 Å². The summed E-state index contributed by atoms with van der Waals surface area (Å²) in [4.78, 5) is 24.6. The second-order valence-electron chi connectivity index (χ2n) is 8.85. The van der Waals surface area contributed by atoms with Crippen molar-refractivity contribution >= 4 is 46.2 Å². The predicted molar refractivity (Wildman–Crippen MR) is 152 cm³/mol. The summed E-state index contributed by atoms with van der Waals surface area (Å²) in [5.74, 6) is 0.110. The van der Waals surface area contributed by atoms with Crippen LogP contribution in [0.1, 0.15) is 22.3 Å². The molecule has 0 saturated carbocycles. The highest BCUT2D eigenvalue weighted by molar-refractivity contribution is 8.00. The summed E-state index contributed by atoms with van der Waals surface area (Å²) >= 11 is 3.33. The van der Waals surface area contributed by atoms with E-state index in [-0.39, 0.29) is 5.91 Å². The van der Waals surface area contributed by atoms with Gasteiger partial charge in [0.25, 0.3) is 5.91 Å². The van der Waals surface area contributed by atoms with Crippen LogP contribution in [0.2, 0.25) is 0 Å². The summed E-state index contributed by atoms with van der Waals surface area (Å²) in [6, 6.07) is 26.6. The molecular weight excluding hydrogens is 484 g/mol. The maximum Gasteiger partial charge on any atom is 0.253 e. The summed E-state index contributed by atoms with van der Waals surface area (Å²) in [6.07, 6.45) is 4.93. The van der Waals surface area contributed by atoms with Crippen LogP contribution >= 0.6 is 23.7 Å². The average Bonchev–Trinajstić information content (AvgIpc) is 3.17. The van der Waals surface area contributed by atoms with Gasteiger partial charge < -0.3 is 9.62 Å². The molecule has 36 heavy (non-hydrogen) atoms. The molecule has 0 aliphatic carbocycles. The lowest BCUT2D eigenvalue weighted by Crippen LogP contribution is -2.35. The third-order valence-corrected chi connectivity index (χ3v) is 8.19. The molecule has 1 aliphatic rings. The molecule has 1 aromatic heterocycles. The quantitative estimate of drug-likeness (QED) is 0.227. The van der Waals surface area contributed by atoms with Gasteiger partial charge in [0, 0.05) is 60.5 Å². The number of aromatic nitrogens is 1. The minimum atomic E-state index is 0.110. The van der Waals surface area contributed by atoms with Crippen LogP contribution in [0.5, 0.6) is 0 Å². The minimum Gasteiger partial charge on any atom is -0.337 e. The molecular formula is C29H30N4OS2. The number of nitrogens with zero attached hydrogens (tertiary/aromatic N) is 3. The number of hydrogen-bond acceptors (Lipinski definition) is 6. The molecule has 3 aromatic carbocycles. The highest BCUT2D eigenvalue weighted by atomic mass is 32.2. The zero-order chi connectivity index (χ0) is 24.7. The fraction of sp³-hybridized carbons (Fsp3) is 0.241. The second kappa shape index (κ2) is 11.8. The van der Waals surface area contributed by atoms with Gasteiger partial charge in [0.2, 0.25) is 0 Å². The van der Waals surface area contributed by atoms with Gasteiger partial charge in [-0.3, -0.25) is 14.7 Å². The number of nitrogens with one attached hydrogen (secondary N) is 1. The number of thioether (sulfide) groups is 1. The fourth-order valence-electron chi connectivity index (χ4n) is 4.54. The van der Waals surface area contributed by atoms with E-state index < -0.39 is 0 Å². The molecule has 1 N–H and O–H groups in total. The first-order valence-electron chi connectivity index (χ1n) is 12.2. The van der Waals surface area contributed by atoms with E-state index in [1.165, 1.54) is 22.4 Å². The lowest BCUT2D eigenvalue weighted by atomic mass is 10.2. The van der Waals surface area contributed by atoms with E-state index in [0.717, 1.165) is 66.2 Å². The highest BCUT2D eigenvalue weighted by Gasteiger charge is 2.21. The molecule has 0 atom stereocenters. The maximum atomic E-state index is 13.2. The Morgan fingerprint density at radius 3 is 2.56 bits per heavy atom. The third-order valence-electron chi connectivity index (χ3n) is 6.47. The summed E-state index contributed by atoms with van der Waals surface area (Å²) in [7, 11) is 0. The van der Waals surface area contributed by atoms with Gasteiger partial charge in [0.1, 0.15) is 0 Å². The number of rotatable bonds is 7. The normalized spacial score (nSPS) is 14.5. The second-order valence-corrected chi connectivity index (χ2v) is 10.5. The van der Waals surface area contributed by atoms with E-state index in [1.54, 1.807) is 11.8 Å². The van der Waals surface area contributed by atoms with E-state index in [1.807, 2.05) is 47.5 Å². The van der Waals surface area contributed by atoms with Crippen molar-refractivity contribution in [3.05, 3.63) is 96.2 Å². The van der Waals surface area contributed by atoms with Crippen LogP contribution in [0.4, 0.5) is 5.69 Å². The lowest BCUT2D eigenvalue weighted by molar-refractivity contribution is 0.0761. The van der Waals surface area contributed by atoms with Gasteiger partial charge in [0.05, 0.1) is 10.4 Å². The molecule has 1 saturated heterocycles. The van der Waals surface area contributed by atoms with Gasteiger partial charge in [-0.1, -0.05) is 36.4 Å². The van der Waals surface area contributed by atoms with Crippen molar-refractivity contribution in [2.24, 2.45) is 0 Å². The summed E-state index contributed by atoms with van der Waals surface area (Å²) in [6.45, 7) is 4.39. The predicted octanol–water partition coefficient (Wildman–Crippen LogP) is 6.42. The Morgan fingerprint density at radius 1 is 0.889 bits per heavy atom. The number of hydrogen-bond donors (Lipinski definition) is 1. The maximum absolute atomic E-state index is 13.2. The lowest BCUT2D eigenvalue weighted by Gasteiger charge is -2.23. The Balaban J connectivity index is 1.17. The third kappa shape index (κ3) is 5.86. The SMILES string of the molecule is CSc1ccccc1CN1CCCN(C(=O)c2ccc(NSc3cccc4cccnc34)cc2)CC1. The Hall–Kier alpha value is -3.00. The number of carbonyl (C=O) groups excluding carboxylic acids is 1. The van der Waals surface area contributed by atoms with Crippen LogP contribution in [-0.2, 0) is 6.54 Å². The first-order valence-corrected chi connectivity index (χ1v) is 14.3. The van der Waals surface area contributed by atoms with Gasteiger partial charge >= 0.3 is 0 Å². The average molecular weight is 515 g/mol. The standard InChI is InChI=1S/C29H30N4OS2/c1-35-26-10-3-2-7-24(26)21-32-17-6-18-33(20-19-32)29(34)23-12-14-25(15-13-23)31-36-27-11-4-8-22-9-5-16-30-28(22)27/h2-5,7-16,31H,6,17-21H2,1H3. The van der Waals surface area contributed by atoms with E-state index >= 15 is 0 Å². The molecule has 1 fully saturated rings. The number of pyridine rings is 1. The van der Waals surface area contributed by atoms with Gasteiger partial charge in [-0.15, -0.1) is 11.8 Å². The topological polar surface area (TPSA) is 48.5 Å². The van der Waals surface area contributed by atoms with E-state index in [9.17, 15) is 4.79 Å². The van der Waals surface area contributed by atoms with Crippen LogP contribution < -0.4 is 4.72 Å². The van der Waals surface area contributed by atoms with Gasteiger partial charge in [-0.2, -0.15) is 0 Å². The Labute approximate surface area is 221 Å². The van der Waals surface area contributed by atoms with Crippen LogP contribution in [0, 0.1) is 0 Å². The Morgan fingerprint density at radius 2 is 1.69 bits per heavy atom. The van der Waals surface area contributed by atoms with Crippen molar-refractivity contribution < 1.29 is 4.79 Å². The van der Waals surface area contributed by atoms with E-state index in [0.29, 0.717) is 0 Å². The van der Waals surface area contributed by atoms with Crippen LogP contribution in [0.3, 0.4) is 0 Å². The summed E-state index contributed by atoms with van der Waals surface area (Å²) < 4.78 is 3.39. The fourth-order valence-corrected chi connectivity index (χ4v) is 5.93. The number of carbonyl (C=O) groups is 1. The molecule has 5 rings (SSSR count). The summed E-state index contributed by atoms with van der Waals surface area (Å²) in [5.41, 5.74) is 4.04. The Kier molecular flexibility index (Phi) is 8.11. The van der Waals surface area contributed by atoms with Crippen molar-refractivity contribution in [1.29, 1.82) is 0 Å². The molecule has 0 unspecified atom stereocenters. The first kappa shape index (κ1) is 24.7. The first-order chi connectivity index (χ1) is 17.7. The van der Waals surface area contributed by atoms with Crippen LogP contribution in [-0.4, -0.2) is 53.1 Å². The highest BCUT2D eigenvalue weighted by Crippen LogP contribution is 2.28. The Bertz CT molecular complexity index is 1320. The smallest absolute Gasteiger partial charge is 0.253 e. The van der Waals surface area contributed by atoms with Crippen molar-refractivity contribution in [2.75, 3.05) is 37.2 Å². The van der Waals surface area contributed by atoms with Crippen molar-refractivity contribution in [3.63, 3.8) is 0 Å². The number of fused-ring (bicyclic) bond motifs is 1. The van der Waals surface area contributed by atoms with Crippen molar-refractivity contribution in [2.45, 2.75) is 22.8 Å². The minimum absolute atomic E-state index is 0.110. The molecule has 184 valence electrons. The number of amides is 1. The van der Waals surface area contributed by atoms with Gasteiger partial charge in [-0.05, 0) is 72.7 Å². The van der Waals surface area contributed by atoms with E-state index in [4.69, 9.17) is 0 Å². The summed E-state index contributed by atoms with van der Waals surface area (Å²) in [5, 5.41) is 1.12.